The van der Waals surface area contributed by atoms with Crippen molar-refractivity contribution >= 4 is 15.9 Å². The van der Waals surface area contributed by atoms with E-state index in [4.69, 9.17) is 14.2 Å². The van der Waals surface area contributed by atoms with Crippen LogP contribution in [-0.2, 0) is 16.4 Å². The maximum atomic E-state index is 12.4. The summed E-state index contributed by atoms with van der Waals surface area (Å²) in [6.07, 6.45) is 0.597. The summed E-state index contributed by atoms with van der Waals surface area (Å²) in [5, 5.41) is 2.78. The molecular weight excluding hydrogens is 372 g/mol. The molecule has 2 aromatic rings. The van der Waals surface area contributed by atoms with E-state index in [-0.39, 0.29) is 28.9 Å². The average Bonchev–Trinajstić information content (AvgIpc) is 3.15. The highest BCUT2D eigenvalue weighted by molar-refractivity contribution is 7.89. The molecule has 0 aliphatic carbocycles. The normalized spacial score (nSPS) is 12.7. The maximum Gasteiger partial charge on any atom is 0.251 e. The lowest BCUT2D eigenvalue weighted by Gasteiger charge is -2.11. The predicted octanol–water partition coefficient (Wildman–Crippen LogP) is 1.30. The van der Waals surface area contributed by atoms with Gasteiger partial charge >= 0.3 is 0 Å². The highest BCUT2D eigenvalue weighted by Crippen LogP contribution is 2.32. The average molecular weight is 392 g/mol. The fourth-order valence-electron chi connectivity index (χ4n) is 2.66. The van der Waals surface area contributed by atoms with Crippen molar-refractivity contribution in [2.75, 3.05) is 27.5 Å². The summed E-state index contributed by atoms with van der Waals surface area (Å²) < 4.78 is 42.1. The maximum absolute atomic E-state index is 12.4. The molecule has 8 nitrogen and oxygen atoms in total. The lowest BCUT2D eigenvalue weighted by molar-refractivity contribution is 0.0954. The van der Waals surface area contributed by atoms with Crippen LogP contribution in [-0.4, -0.2) is 41.8 Å². The molecule has 0 unspecified atom stereocenters. The molecule has 0 spiro atoms. The lowest BCUT2D eigenvalue weighted by Crippen LogP contribution is -2.26. The number of hydrogen-bond acceptors (Lipinski definition) is 6. The van der Waals surface area contributed by atoms with Gasteiger partial charge in [-0.25, -0.2) is 13.1 Å². The number of amides is 1. The number of ether oxygens (including phenoxy) is 3. The van der Waals surface area contributed by atoms with Gasteiger partial charge in [0.15, 0.2) is 11.5 Å². The third-order valence-corrected chi connectivity index (χ3v) is 5.56. The minimum atomic E-state index is -3.75. The number of hydrogen-bond donors (Lipinski definition) is 2. The highest BCUT2D eigenvalue weighted by atomic mass is 32.2. The van der Waals surface area contributed by atoms with Crippen molar-refractivity contribution in [1.82, 2.24) is 10.0 Å². The first-order valence-electron chi connectivity index (χ1n) is 8.23. The van der Waals surface area contributed by atoms with Crippen molar-refractivity contribution in [3.8, 4) is 17.2 Å². The van der Waals surface area contributed by atoms with E-state index in [9.17, 15) is 13.2 Å². The second kappa shape index (κ2) is 7.85. The topological polar surface area (TPSA) is 103 Å². The molecule has 1 aliphatic rings. The van der Waals surface area contributed by atoms with Crippen LogP contribution in [0.15, 0.2) is 41.3 Å². The van der Waals surface area contributed by atoms with E-state index >= 15 is 0 Å². The summed E-state index contributed by atoms with van der Waals surface area (Å²) in [4.78, 5) is 12.3. The number of nitrogens with one attached hydrogen (secondary N) is 2. The third-order valence-electron chi connectivity index (χ3n) is 4.12. The smallest absolute Gasteiger partial charge is 0.251 e. The van der Waals surface area contributed by atoms with Gasteiger partial charge in [0.1, 0.15) is 10.6 Å². The van der Waals surface area contributed by atoms with Crippen LogP contribution >= 0.6 is 0 Å². The van der Waals surface area contributed by atoms with Crippen molar-refractivity contribution in [1.29, 1.82) is 0 Å². The first-order valence-corrected chi connectivity index (χ1v) is 9.71. The van der Waals surface area contributed by atoms with E-state index < -0.39 is 10.0 Å². The summed E-state index contributed by atoms with van der Waals surface area (Å²) in [7, 11) is -1.08. The second-order valence-electron chi connectivity index (χ2n) is 5.77. The minimum Gasteiger partial charge on any atom is -0.495 e. The number of carbonyl (C=O) groups is 1. The van der Waals surface area contributed by atoms with Gasteiger partial charge in [0.25, 0.3) is 5.91 Å². The van der Waals surface area contributed by atoms with E-state index in [0.717, 1.165) is 5.56 Å². The Morgan fingerprint density at radius 1 is 1.15 bits per heavy atom. The first kappa shape index (κ1) is 19.0. The molecule has 0 radical (unpaired) electrons. The van der Waals surface area contributed by atoms with Crippen LogP contribution in [0.5, 0.6) is 17.2 Å². The van der Waals surface area contributed by atoms with Crippen LogP contribution in [0.2, 0.25) is 0 Å². The standard InChI is InChI=1S/C18H20N2O6S/c1-19-27(22,23)17-10-13(4-6-15(17)24-2)18(21)20-8-7-12-3-5-14-16(9-12)26-11-25-14/h3-6,9-10,19H,7-8,11H2,1-2H3,(H,20,21). The Kier molecular flexibility index (Phi) is 5.52. The molecule has 0 fully saturated rings. The molecule has 0 bridgehead atoms. The van der Waals surface area contributed by atoms with E-state index in [1.807, 2.05) is 18.2 Å². The fourth-order valence-corrected chi connectivity index (χ4v) is 3.58. The van der Waals surface area contributed by atoms with Crippen molar-refractivity contribution in [2.45, 2.75) is 11.3 Å². The fraction of sp³-hybridized carbons (Fsp3) is 0.278. The Morgan fingerprint density at radius 3 is 2.67 bits per heavy atom. The number of carbonyl (C=O) groups excluding carboxylic acids is 1. The van der Waals surface area contributed by atoms with E-state index in [0.29, 0.717) is 24.5 Å². The van der Waals surface area contributed by atoms with Crippen LogP contribution in [0.25, 0.3) is 0 Å². The zero-order valence-corrected chi connectivity index (χ0v) is 15.8. The van der Waals surface area contributed by atoms with Gasteiger partial charge in [-0.3, -0.25) is 4.79 Å². The zero-order chi connectivity index (χ0) is 19.4. The second-order valence-corrected chi connectivity index (χ2v) is 7.62. The molecule has 3 rings (SSSR count). The molecule has 144 valence electrons. The van der Waals surface area contributed by atoms with Gasteiger partial charge in [0.2, 0.25) is 16.8 Å². The molecule has 0 aromatic heterocycles. The van der Waals surface area contributed by atoms with Crippen LogP contribution in [0.3, 0.4) is 0 Å². The van der Waals surface area contributed by atoms with Gasteiger partial charge in [0, 0.05) is 12.1 Å². The lowest BCUT2D eigenvalue weighted by atomic mass is 10.1. The first-order chi connectivity index (χ1) is 12.9. The number of methoxy groups -OCH3 is 1. The molecule has 2 N–H and O–H groups in total. The van der Waals surface area contributed by atoms with Gasteiger partial charge in [-0.15, -0.1) is 0 Å². The molecular formula is C18H20N2O6S. The zero-order valence-electron chi connectivity index (χ0n) is 14.9. The van der Waals surface area contributed by atoms with Crippen LogP contribution in [0, 0.1) is 0 Å². The molecule has 1 amide bonds. The molecule has 0 atom stereocenters. The monoisotopic (exact) mass is 392 g/mol. The molecule has 27 heavy (non-hydrogen) atoms. The van der Waals surface area contributed by atoms with Gasteiger partial charge in [-0.2, -0.15) is 0 Å². The summed E-state index contributed by atoms with van der Waals surface area (Å²) in [6, 6.07) is 9.88. The molecule has 2 aromatic carbocycles. The van der Waals surface area contributed by atoms with Crippen LogP contribution in [0.1, 0.15) is 15.9 Å². The molecule has 1 aliphatic heterocycles. The Labute approximate surface area is 157 Å². The van der Waals surface area contributed by atoms with E-state index in [1.165, 1.54) is 32.4 Å². The van der Waals surface area contributed by atoms with Crippen molar-refractivity contribution in [3.63, 3.8) is 0 Å². The largest absolute Gasteiger partial charge is 0.495 e. The Morgan fingerprint density at radius 2 is 1.93 bits per heavy atom. The molecule has 0 saturated carbocycles. The van der Waals surface area contributed by atoms with Gasteiger partial charge in [-0.05, 0) is 49.4 Å². The minimum absolute atomic E-state index is 0.0871. The Bertz CT molecular complexity index is 958. The Hall–Kier alpha value is -2.78. The SMILES string of the molecule is CNS(=O)(=O)c1cc(C(=O)NCCc2ccc3c(c2)OCO3)ccc1OC. The van der Waals surface area contributed by atoms with Crippen molar-refractivity contribution < 1.29 is 27.4 Å². The molecule has 1 heterocycles. The van der Waals surface area contributed by atoms with Gasteiger partial charge in [-0.1, -0.05) is 6.07 Å². The third kappa shape index (κ3) is 4.15. The number of sulfonamides is 1. The number of rotatable bonds is 7. The summed E-state index contributed by atoms with van der Waals surface area (Å²) in [6.45, 7) is 0.601. The van der Waals surface area contributed by atoms with Crippen molar-refractivity contribution in [3.05, 3.63) is 47.5 Å². The van der Waals surface area contributed by atoms with Gasteiger partial charge < -0.3 is 19.5 Å². The van der Waals surface area contributed by atoms with E-state index in [1.54, 1.807) is 0 Å². The quantitative estimate of drug-likeness (QED) is 0.736. The number of fused-ring (bicyclic) bond motifs is 1. The molecule has 0 saturated heterocycles. The van der Waals surface area contributed by atoms with E-state index in [2.05, 4.69) is 10.0 Å². The van der Waals surface area contributed by atoms with Crippen molar-refractivity contribution in [2.24, 2.45) is 0 Å². The summed E-state index contributed by atoms with van der Waals surface area (Å²) >= 11 is 0. The molecule has 9 heteroatoms. The number of benzene rings is 2. The summed E-state index contributed by atoms with van der Waals surface area (Å²) in [5.41, 5.74) is 1.23. The highest BCUT2D eigenvalue weighted by Gasteiger charge is 2.20. The predicted molar refractivity (Wildman–Crippen MR) is 97.8 cm³/mol. The summed E-state index contributed by atoms with van der Waals surface area (Å²) in [5.74, 6) is 1.20. The van der Waals surface area contributed by atoms with Crippen LogP contribution < -0.4 is 24.2 Å². The van der Waals surface area contributed by atoms with Crippen LogP contribution in [0.4, 0.5) is 0 Å². The Balaban J connectivity index is 1.67. The van der Waals surface area contributed by atoms with Gasteiger partial charge in [0.05, 0.1) is 7.11 Å².